The van der Waals surface area contributed by atoms with Gasteiger partial charge >= 0.3 is 0 Å². The highest BCUT2D eigenvalue weighted by Crippen LogP contribution is 2.12. The lowest BCUT2D eigenvalue weighted by Crippen LogP contribution is -2.10. The van der Waals surface area contributed by atoms with E-state index in [0.717, 1.165) is 17.8 Å². The van der Waals surface area contributed by atoms with Crippen LogP contribution in [0.4, 0.5) is 0 Å². The minimum Gasteiger partial charge on any atom is -0.323 e. The third-order valence-corrected chi connectivity index (χ3v) is 2.22. The molecular weight excluding hydrogens is 162 g/mol. The fourth-order valence-corrected chi connectivity index (χ4v) is 1.45. The van der Waals surface area contributed by atoms with Gasteiger partial charge in [0.2, 0.25) is 0 Å². The summed E-state index contributed by atoms with van der Waals surface area (Å²) in [4.78, 5) is 0. The van der Waals surface area contributed by atoms with Crippen LogP contribution >= 0.6 is 0 Å². The van der Waals surface area contributed by atoms with Gasteiger partial charge < -0.3 is 5.73 Å². The van der Waals surface area contributed by atoms with Crippen molar-refractivity contribution in [1.82, 2.24) is 9.78 Å². The van der Waals surface area contributed by atoms with Crippen molar-refractivity contribution in [2.24, 2.45) is 12.8 Å². The summed E-state index contributed by atoms with van der Waals surface area (Å²) in [5.41, 5.74) is 8.08. The zero-order chi connectivity index (χ0) is 9.84. The van der Waals surface area contributed by atoms with Crippen molar-refractivity contribution in [3.8, 4) is 0 Å². The van der Waals surface area contributed by atoms with Crippen LogP contribution in [0.1, 0.15) is 44.1 Å². The highest BCUT2D eigenvalue weighted by atomic mass is 15.3. The molecule has 13 heavy (non-hydrogen) atoms. The number of hydrogen-bond donors (Lipinski definition) is 1. The first-order valence-electron chi connectivity index (χ1n) is 4.93. The monoisotopic (exact) mass is 181 g/mol. The molecule has 1 aromatic rings. The molecule has 3 nitrogen and oxygen atoms in total. The molecule has 2 N–H and O–H groups in total. The van der Waals surface area contributed by atoms with Crippen LogP contribution in [0.2, 0.25) is 0 Å². The largest absolute Gasteiger partial charge is 0.323 e. The minimum absolute atomic E-state index is 0.0767. The summed E-state index contributed by atoms with van der Waals surface area (Å²) in [5, 5.41) is 4.41. The first-order chi connectivity index (χ1) is 6.15. The van der Waals surface area contributed by atoms with Crippen LogP contribution in [0.5, 0.6) is 0 Å². The van der Waals surface area contributed by atoms with E-state index in [1.54, 1.807) is 0 Å². The van der Waals surface area contributed by atoms with Crippen molar-refractivity contribution in [2.45, 2.75) is 39.2 Å². The summed E-state index contributed by atoms with van der Waals surface area (Å²) in [6.07, 6.45) is 3.48. The Kier molecular flexibility index (Phi) is 3.48. The second-order valence-corrected chi connectivity index (χ2v) is 3.58. The summed E-state index contributed by atoms with van der Waals surface area (Å²) in [7, 11) is 1.95. The van der Waals surface area contributed by atoms with Crippen molar-refractivity contribution in [3.63, 3.8) is 0 Å². The van der Waals surface area contributed by atoms with Crippen molar-refractivity contribution in [2.75, 3.05) is 0 Å². The molecule has 0 bridgehead atoms. The number of unbranched alkanes of at least 4 members (excludes halogenated alkanes) is 1. The third-order valence-electron chi connectivity index (χ3n) is 2.22. The number of rotatable bonds is 4. The lowest BCUT2D eigenvalue weighted by molar-refractivity contribution is 0.644. The van der Waals surface area contributed by atoms with Gasteiger partial charge in [-0.1, -0.05) is 13.3 Å². The number of nitrogens with zero attached hydrogens (tertiary/aromatic N) is 2. The van der Waals surface area contributed by atoms with Crippen LogP contribution in [0, 0.1) is 0 Å². The Morgan fingerprint density at radius 3 is 2.77 bits per heavy atom. The Morgan fingerprint density at radius 1 is 1.62 bits per heavy atom. The topological polar surface area (TPSA) is 43.8 Å². The average Bonchev–Trinajstić information content (AvgIpc) is 2.43. The minimum atomic E-state index is 0.0767. The molecule has 0 aliphatic carbocycles. The molecule has 0 saturated carbocycles. The average molecular weight is 181 g/mol. The maximum Gasteiger partial charge on any atom is 0.0628 e. The molecule has 1 aromatic heterocycles. The Hall–Kier alpha value is -0.830. The van der Waals surface area contributed by atoms with E-state index in [2.05, 4.69) is 18.1 Å². The van der Waals surface area contributed by atoms with Gasteiger partial charge in [-0.15, -0.1) is 0 Å². The van der Waals surface area contributed by atoms with Crippen molar-refractivity contribution in [1.29, 1.82) is 0 Å². The van der Waals surface area contributed by atoms with E-state index in [1.165, 1.54) is 12.8 Å². The van der Waals surface area contributed by atoms with Gasteiger partial charge in [0, 0.05) is 13.1 Å². The normalized spacial score (nSPS) is 13.2. The quantitative estimate of drug-likeness (QED) is 0.769. The summed E-state index contributed by atoms with van der Waals surface area (Å²) in [5.74, 6) is 0. The van der Waals surface area contributed by atoms with Crippen molar-refractivity contribution < 1.29 is 0 Å². The van der Waals surface area contributed by atoms with Gasteiger partial charge in [-0.2, -0.15) is 5.10 Å². The van der Waals surface area contributed by atoms with Gasteiger partial charge in [0.25, 0.3) is 0 Å². The first-order valence-corrected chi connectivity index (χ1v) is 4.93. The van der Waals surface area contributed by atoms with E-state index < -0.39 is 0 Å². The zero-order valence-corrected chi connectivity index (χ0v) is 8.75. The molecule has 0 aliphatic heterocycles. The molecule has 0 spiro atoms. The number of hydrogen-bond acceptors (Lipinski definition) is 2. The maximum atomic E-state index is 5.80. The fraction of sp³-hybridized carbons (Fsp3) is 0.700. The summed E-state index contributed by atoms with van der Waals surface area (Å²) < 4.78 is 1.88. The summed E-state index contributed by atoms with van der Waals surface area (Å²) in [6.45, 7) is 4.18. The molecule has 0 saturated heterocycles. The molecule has 3 heteroatoms. The van der Waals surface area contributed by atoms with Crippen LogP contribution in [0.15, 0.2) is 6.07 Å². The van der Waals surface area contributed by atoms with E-state index in [1.807, 2.05) is 18.7 Å². The highest BCUT2D eigenvalue weighted by Gasteiger charge is 2.07. The SMILES string of the molecule is CCCCc1cc(C(C)N)n(C)n1. The van der Waals surface area contributed by atoms with E-state index in [-0.39, 0.29) is 6.04 Å². The van der Waals surface area contributed by atoms with Gasteiger partial charge in [0.15, 0.2) is 0 Å². The summed E-state index contributed by atoms with van der Waals surface area (Å²) in [6, 6.07) is 2.19. The van der Waals surface area contributed by atoms with Gasteiger partial charge in [-0.3, -0.25) is 4.68 Å². The van der Waals surface area contributed by atoms with Gasteiger partial charge in [-0.05, 0) is 25.8 Å². The molecule has 0 fully saturated rings. The third kappa shape index (κ3) is 2.56. The molecule has 0 aromatic carbocycles. The van der Waals surface area contributed by atoms with Crippen LogP contribution < -0.4 is 5.73 Å². The van der Waals surface area contributed by atoms with Gasteiger partial charge in [-0.25, -0.2) is 0 Å². The van der Waals surface area contributed by atoms with E-state index >= 15 is 0 Å². The van der Waals surface area contributed by atoms with Crippen molar-refractivity contribution in [3.05, 3.63) is 17.5 Å². The molecule has 1 rings (SSSR count). The number of aromatic nitrogens is 2. The van der Waals surface area contributed by atoms with Crippen LogP contribution in [0.3, 0.4) is 0 Å². The predicted molar refractivity (Wildman–Crippen MR) is 54.4 cm³/mol. The standard InChI is InChI=1S/C10H19N3/c1-4-5-6-9-7-10(8(2)11)13(3)12-9/h7-8H,4-6,11H2,1-3H3. The van der Waals surface area contributed by atoms with Crippen LogP contribution in [-0.4, -0.2) is 9.78 Å². The maximum absolute atomic E-state index is 5.80. The van der Waals surface area contributed by atoms with E-state index in [4.69, 9.17) is 5.73 Å². The highest BCUT2D eigenvalue weighted by molar-refractivity contribution is 5.13. The zero-order valence-electron chi connectivity index (χ0n) is 8.75. The molecule has 0 amide bonds. The molecule has 1 atom stereocenters. The molecular formula is C10H19N3. The number of aryl methyl sites for hydroxylation is 2. The molecule has 74 valence electrons. The van der Waals surface area contributed by atoms with Crippen LogP contribution in [-0.2, 0) is 13.5 Å². The number of nitrogens with two attached hydrogens (primary N) is 1. The Labute approximate surface area is 79.9 Å². The Bertz CT molecular complexity index is 263. The van der Waals surface area contributed by atoms with E-state index in [0.29, 0.717) is 0 Å². The molecule has 1 unspecified atom stereocenters. The second-order valence-electron chi connectivity index (χ2n) is 3.58. The Morgan fingerprint density at radius 2 is 2.31 bits per heavy atom. The molecule has 0 radical (unpaired) electrons. The van der Waals surface area contributed by atoms with Crippen LogP contribution in [0.25, 0.3) is 0 Å². The lowest BCUT2D eigenvalue weighted by Gasteiger charge is -2.03. The predicted octanol–water partition coefficient (Wildman–Crippen LogP) is 1.78. The van der Waals surface area contributed by atoms with Gasteiger partial charge in [0.05, 0.1) is 11.4 Å². The van der Waals surface area contributed by atoms with Crippen molar-refractivity contribution >= 4 is 0 Å². The molecule has 1 heterocycles. The molecule has 0 aliphatic rings. The van der Waals surface area contributed by atoms with E-state index in [9.17, 15) is 0 Å². The second kappa shape index (κ2) is 4.42. The smallest absolute Gasteiger partial charge is 0.0628 e. The fourth-order valence-electron chi connectivity index (χ4n) is 1.45. The summed E-state index contributed by atoms with van der Waals surface area (Å²) >= 11 is 0. The lowest BCUT2D eigenvalue weighted by atomic mass is 10.2. The Balaban J connectivity index is 2.71. The van der Waals surface area contributed by atoms with Gasteiger partial charge in [0.1, 0.15) is 0 Å². The first kappa shape index (κ1) is 10.3.